The van der Waals surface area contributed by atoms with Gasteiger partial charge in [-0.25, -0.2) is 4.39 Å². The van der Waals surface area contributed by atoms with Gasteiger partial charge in [0.15, 0.2) is 12.0 Å². The number of Topliss-reactive ketones (excluding diaryl/α,β-unsaturated/α-hetero) is 1. The van der Waals surface area contributed by atoms with E-state index in [0.717, 1.165) is 10.3 Å². The highest BCUT2D eigenvalue weighted by Gasteiger charge is 2.25. The molecule has 0 amide bonds. The van der Waals surface area contributed by atoms with Gasteiger partial charge in [-0.1, -0.05) is 66.2 Å². The second-order valence-corrected chi connectivity index (χ2v) is 10.7. The molecule has 212 valence electrons. The van der Waals surface area contributed by atoms with Crippen molar-refractivity contribution in [3.05, 3.63) is 154 Å². The van der Waals surface area contributed by atoms with Crippen LogP contribution in [-0.4, -0.2) is 26.0 Å². The summed E-state index contributed by atoms with van der Waals surface area (Å²) < 4.78 is 17.5. The minimum absolute atomic E-state index is 0.0733. The summed E-state index contributed by atoms with van der Waals surface area (Å²) in [5, 5.41) is 25.7. The largest absolute Gasteiger partial charge is 0.618 e. The minimum atomic E-state index is -0.474. The van der Waals surface area contributed by atoms with Gasteiger partial charge in [-0.05, 0) is 88.5 Å². The first-order valence-electron chi connectivity index (χ1n) is 13.6. The van der Waals surface area contributed by atoms with E-state index in [-0.39, 0.29) is 5.78 Å². The van der Waals surface area contributed by atoms with Crippen LogP contribution in [0.5, 0.6) is 0 Å². The first-order valence-corrected chi connectivity index (χ1v) is 14.0. The number of ketones is 1. The number of pyridine rings is 1. The van der Waals surface area contributed by atoms with E-state index in [1.807, 2.05) is 48.5 Å². The van der Waals surface area contributed by atoms with Crippen LogP contribution in [0.15, 0.2) is 116 Å². The summed E-state index contributed by atoms with van der Waals surface area (Å²) in [6, 6.07) is 30.5. The van der Waals surface area contributed by atoms with E-state index >= 15 is 4.39 Å². The fourth-order valence-corrected chi connectivity index (χ4v) is 5.45. The normalized spacial score (nSPS) is 11.8. The maximum absolute atomic E-state index is 15.2. The molecule has 0 spiro atoms. The lowest BCUT2D eigenvalue weighted by molar-refractivity contribution is -0.614. The number of hydrogen-bond donors (Lipinski definition) is 0. The Labute approximate surface area is 252 Å². The predicted molar refractivity (Wildman–Crippen MR) is 162 cm³/mol. The third-order valence-electron chi connectivity index (χ3n) is 7.37. The fraction of sp³-hybridized carbons (Fsp3) is 0.0882. The van der Waals surface area contributed by atoms with Gasteiger partial charge in [-0.15, -0.1) is 5.10 Å². The van der Waals surface area contributed by atoms with Crippen LogP contribution < -0.4 is 4.73 Å². The van der Waals surface area contributed by atoms with Gasteiger partial charge in [0.1, 0.15) is 12.1 Å². The van der Waals surface area contributed by atoms with Crippen molar-refractivity contribution in [2.75, 3.05) is 0 Å². The predicted octanol–water partition coefficient (Wildman–Crippen LogP) is 7.00. The van der Waals surface area contributed by atoms with E-state index < -0.39 is 11.7 Å². The number of nitrogens with zero attached hydrogens (tertiary/aromatic N) is 5. The highest BCUT2D eigenvalue weighted by atomic mass is 35.5. The molecule has 0 saturated carbocycles. The molecule has 0 N–H and O–H groups in total. The van der Waals surface area contributed by atoms with Gasteiger partial charge in [0, 0.05) is 27.8 Å². The average Bonchev–Trinajstić information content (AvgIpc) is 3.55. The van der Waals surface area contributed by atoms with Crippen LogP contribution in [0.4, 0.5) is 4.39 Å². The molecule has 0 aliphatic carbocycles. The van der Waals surface area contributed by atoms with Crippen LogP contribution in [0.3, 0.4) is 0 Å². The molecule has 6 aromatic rings. The summed E-state index contributed by atoms with van der Waals surface area (Å²) >= 11 is 6.33. The Morgan fingerprint density at radius 3 is 2.51 bits per heavy atom. The van der Waals surface area contributed by atoms with Crippen molar-refractivity contribution in [3.63, 3.8) is 0 Å². The summed E-state index contributed by atoms with van der Waals surface area (Å²) in [5.74, 6) is -0.980. The average molecular weight is 590 g/mol. The Kier molecular flexibility index (Phi) is 7.77. The number of benzene rings is 4. The third-order valence-corrected chi connectivity index (χ3v) is 7.61. The van der Waals surface area contributed by atoms with Crippen molar-refractivity contribution >= 4 is 17.4 Å². The summed E-state index contributed by atoms with van der Waals surface area (Å²) in [6.45, 7) is 1.50. The molecule has 0 aliphatic heterocycles. The van der Waals surface area contributed by atoms with Gasteiger partial charge in [-0.3, -0.25) is 4.79 Å². The number of aromatic nitrogens is 5. The first-order chi connectivity index (χ1) is 20.9. The van der Waals surface area contributed by atoms with E-state index in [9.17, 15) is 10.0 Å². The lowest BCUT2D eigenvalue weighted by Crippen LogP contribution is -2.34. The third kappa shape index (κ3) is 6.05. The molecule has 0 radical (unpaired) electrons. The molecule has 0 aliphatic rings. The van der Waals surface area contributed by atoms with Crippen LogP contribution in [0.1, 0.15) is 40.0 Å². The zero-order valence-electron chi connectivity index (χ0n) is 23.1. The van der Waals surface area contributed by atoms with Gasteiger partial charge in [0.2, 0.25) is 5.69 Å². The quantitative estimate of drug-likeness (QED) is 0.108. The topological polar surface area (TPSA) is 87.6 Å². The summed E-state index contributed by atoms with van der Waals surface area (Å²) in [4.78, 5) is 12.0. The molecular formula is C34H25ClFN5O2. The van der Waals surface area contributed by atoms with Crippen LogP contribution in [-0.2, 0) is 6.42 Å². The van der Waals surface area contributed by atoms with Crippen molar-refractivity contribution in [3.8, 4) is 27.9 Å². The van der Waals surface area contributed by atoms with Crippen molar-refractivity contribution < 1.29 is 13.9 Å². The van der Waals surface area contributed by atoms with Gasteiger partial charge >= 0.3 is 0 Å². The maximum Gasteiger partial charge on any atom is 0.200 e. The Morgan fingerprint density at radius 2 is 1.77 bits per heavy atom. The lowest BCUT2D eigenvalue weighted by Gasteiger charge is -2.19. The SMILES string of the molecule is CC(=O)c1cccc(-c2cc(F)cc([C@H](Cc3ccccc3)c3ccc(-c4cc(Cl)ccc4-n4cnnn4)c[n+]3[O-])c2)c1. The molecule has 2 aromatic heterocycles. The highest BCUT2D eigenvalue weighted by molar-refractivity contribution is 6.31. The summed E-state index contributed by atoms with van der Waals surface area (Å²) in [7, 11) is 0. The Morgan fingerprint density at radius 1 is 0.930 bits per heavy atom. The second-order valence-electron chi connectivity index (χ2n) is 10.2. The van der Waals surface area contributed by atoms with Crippen molar-refractivity contribution in [2.45, 2.75) is 19.3 Å². The molecule has 0 fully saturated rings. The molecule has 4 aromatic carbocycles. The number of halogens is 2. The van der Waals surface area contributed by atoms with E-state index in [4.69, 9.17) is 11.6 Å². The molecule has 9 heteroatoms. The van der Waals surface area contributed by atoms with Gasteiger partial charge in [-0.2, -0.15) is 9.41 Å². The number of hydrogen-bond acceptors (Lipinski definition) is 5. The van der Waals surface area contributed by atoms with Crippen LogP contribution in [0.25, 0.3) is 27.9 Å². The molecule has 1 atom stereocenters. The number of tetrazole rings is 1. The van der Waals surface area contributed by atoms with Gasteiger partial charge in [0.25, 0.3) is 0 Å². The Hall–Kier alpha value is -5.21. The summed E-state index contributed by atoms with van der Waals surface area (Å²) in [5.41, 5.74) is 5.92. The van der Waals surface area contributed by atoms with Gasteiger partial charge in [0.05, 0.1) is 11.6 Å². The van der Waals surface area contributed by atoms with Crippen molar-refractivity contribution in [1.29, 1.82) is 0 Å². The van der Waals surface area contributed by atoms with E-state index in [0.29, 0.717) is 56.2 Å². The Bertz CT molecular complexity index is 1930. The summed E-state index contributed by atoms with van der Waals surface area (Å²) in [6.07, 6.45) is 3.42. The standard InChI is InChI=1S/C34H25ClFN5O2/c1-22(42)24-8-5-9-25(15-24)27-16-28(18-30(36)17-27)31(14-23-6-3-2-4-7-23)34-12-10-26(20-41(34)43)32-19-29(35)11-13-33(32)40-21-37-38-39-40/h2-13,15-21,31H,14H2,1H3/t31-/m0/s1. The fourth-order valence-electron chi connectivity index (χ4n) is 5.27. The molecule has 0 unspecified atom stereocenters. The van der Waals surface area contributed by atoms with E-state index in [1.54, 1.807) is 42.5 Å². The molecule has 7 nitrogen and oxygen atoms in total. The zero-order chi connectivity index (χ0) is 29.9. The number of carbonyl (C=O) groups is 1. The highest BCUT2D eigenvalue weighted by Crippen LogP contribution is 2.34. The maximum atomic E-state index is 15.2. The zero-order valence-corrected chi connectivity index (χ0v) is 23.8. The number of rotatable bonds is 8. The van der Waals surface area contributed by atoms with E-state index in [1.165, 1.54) is 36.3 Å². The van der Waals surface area contributed by atoms with Crippen molar-refractivity contribution in [2.24, 2.45) is 0 Å². The monoisotopic (exact) mass is 589 g/mol. The second kappa shape index (κ2) is 12.0. The molecule has 43 heavy (non-hydrogen) atoms. The van der Waals surface area contributed by atoms with Crippen molar-refractivity contribution in [1.82, 2.24) is 20.2 Å². The van der Waals surface area contributed by atoms with Crippen LogP contribution in [0, 0.1) is 11.0 Å². The van der Waals surface area contributed by atoms with Crippen LogP contribution in [0.2, 0.25) is 5.02 Å². The van der Waals surface area contributed by atoms with Crippen LogP contribution >= 0.6 is 11.6 Å². The first kappa shape index (κ1) is 27.9. The molecule has 0 bridgehead atoms. The minimum Gasteiger partial charge on any atom is -0.618 e. The molecule has 0 saturated heterocycles. The smallest absolute Gasteiger partial charge is 0.200 e. The van der Waals surface area contributed by atoms with Gasteiger partial charge < -0.3 is 5.21 Å². The lowest BCUT2D eigenvalue weighted by atomic mass is 9.86. The molecule has 6 rings (SSSR count). The van der Waals surface area contributed by atoms with E-state index in [2.05, 4.69) is 15.5 Å². The Balaban J connectivity index is 1.46. The molecular weight excluding hydrogens is 565 g/mol. The number of carbonyl (C=O) groups excluding carboxylic acids is 1. The molecule has 2 heterocycles.